The van der Waals surface area contributed by atoms with Crippen LogP contribution in [0.4, 0.5) is 0 Å². The summed E-state index contributed by atoms with van der Waals surface area (Å²) in [4.78, 5) is 0. The molecule has 1 unspecified atom stereocenters. The monoisotopic (exact) mass is 195 g/mol. The lowest BCUT2D eigenvalue weighted by atomic mass is 10.4. The van der Waals surface area contributed by atoms with Gasteiger partial charge >= 0.3 is 0 Å². The molecular formula is C7H17NO3S. The molecular weight excluding hydrogens is 178 g/mol. The minimum atomic E-state index is -2.87. The van der Waals surface area contributed by atoms with E-state index in [0.717, 1.165) is 0 Å². The predicted octanol–water partition coefficient (Wildman–Crippen LogP) is -0.608. The van der Waals surface area contributed by atoms with Crippen molar-refractivity contribution >= 4 is 9.84 Å². The summed E-state index contributed by atoms with van der Waals surface area (Å²) in [6, 6.07) is -0.0305. The smallest absolute Gasteiger partial charge is 0.151 e. The first-order valence-corrected chi connectivity index (χ1v) is 5.88. The summed E-state index contributed by atoms with van der Waals surface area (Å²) in [6.07, 6.45) is 0. The highest BCUT2D eigenvalue weighted by Gasteiger charge is 2.07. The van der Waals surface area contributed by atoms with Gasteiger partial charge in [0.1, 0.15) is 0 Å². The van der Waals surface area contributed by atoms with E-state index in [4.69, 9.17) is 5.11 Å². The number of hydrogen-bond donors (Lipinski definition) is 2. The molecule has 1 atom stereocenters. The summed E-state index contributed by atoms with van der Waals surface area (Å²) >= 11 is 0. The van der Waals surface area contributed by atoms with Gasteiger partial charge < -0.3 is 10.4 Å². The summed E-state index contributed by atoms with van der Waals surface area (Å²) in [5.74, 6) is 0.329. The second kappa shape index (κ2) is 5.50. The predicted molar refractivity (Wildman–Crippen MR) is 48.9 cm³/mol. The molecule has 0 saturated carbocycles. The molecule has 0 bridgehead atoms. The Hall–Kier alpha value is -0.130. The second-order valence-corrected chi connectivity index (χ2v) is 5.25. The van der Waals surface area contributed by atoms with Gasteiger partial charge in [0.15, 0.2) is 9.84 Å². The highest BCUT2D eigenvalue weighted by atomic mass is 32.2. The van der Waals surface area contributed by atoms with Crippen LogP contribution in [0, 0.1) is 0 Å². The summed E-state index contributed by atoms with van der Waals surface area (Å²) < 4.78 is 21.9. The van der Waals surface area contributed by atoms with Crippen molar-refractivity contribution in [3.8, 4) is 0 Å². The molecule has 0 spiro atoms. The molecule has 0 aromatic carbocycles. The van der Waals surface area contributed by atoms with Crippen molar-refractivity contribution in [2.75, 3.05) is 24.7 Å². The lowest BCUT2D eigenvalue weighted by molar-refractivity contribution is 0.253. The van der Waals surface area contributed by atoms with Crippen LogP contribution >= 0.6 is 0 Å². The van der Waals surface area contributed by atoms with Gasteiger partial charge in [0.25, 0.3) is 0 Å². The van der Waals surface area contributed by atoms with Gasteiger partial charge in [-0.05, 0) is 6.92 Å². The van der Waals surface area contributed by atoms with Crippen LogP contribution in [0.3, 0.4) is 0 Å². The third kappa shape index (κ3) is 5.51. The van der Waals surface area contributed by atoms with Crippen molar-refractivity contribution in [3.05, 3.63) is 0 Å². The van der Waals surface area contributed by atoms with Crippen LogP contribution in [-0.2, 0) is 9.84 Å². The van der Waals surface area contributed by atoms with Crippen molar-refractivity contribution in [1.29, 1.82) is 0 Å². The molecule has 0 aromatic heterocycles. The standard InChI is InChI=1S/C7H17NO3S/c1-3-12(10,11)5-4-8-7(2)6-9/h7-9H,3-6H2,1-2H3. The summed E-state index contributed by atoms with van der Waals surface area (Å²) in [6.45, 7) is 3.88. The Morgan fingerprint density at radius 2 is 2.08 bits per heavy atom. The minimum absolute atomic E-state index is 0.0305. The van der Waals surface area contributed by atoms with Crippen molar-refractivity contribution < 1.29 is 13.5 Å². The third-order valence-electron chi connectivity index (χ3n) is 1.62. The molecule has 0 rings (SSSR count). The Morgan fingerprint density at radius 3 is 2.50 bits per heavy atom. The Labute approximate surface area is 73.9 Å². The SMILES string of the molecule is CCS(=O)(=O)CCNC(C)CO. The van der Waals surface area contributed by atoms with Crippen molar-refractivity contribution in [2.45, 2.75) is 19.9 Å². The molecule has 5 heteroatoms. The number of aliphatic hydroxyl groups excluding tert-OH is 1. The molecule has 0 radical (unpaired) electrons. The Balaban J connectivity index is 3.57. The van der Waals surface area contributed by atoms with E-state index in [0.29, 0.717) is 6.54 Å². The Bertz CT molecular complexity index is 201. The number of nitrogens with one attached hydrogen (secondary N) is 1. The largest absolute Gasteiger partial charge is 0.395 e. The maximum atomic E-state index is 11.0. The first-order chi connectivity index (χ1) is 5.52. The van der Waals surface area contributed by atoms with E-state index in [1.165, 1.54) is 0 Å². The zero-order valence-electron chi connectivity index (χ0n) is 7.58. The van der Waals surface area contributed by atoms with Gasteiger partial charge in [0.05, 0.1) is 12.4 Å². The molecule has 0 fully saturated rings. The summed E-state index contributed by atoms with van der Waals surface area (Å²) in [5.41, 5.74) is 0. The van der Waals surface area contributed by atoms with Gasteiger partial charge in [-0.2, -0.15) is 0 Å². The maximum Gasteiger partial charge on any atom is 0.151 e. The van der Waals surface area contributed by atoms with E-state index in [1.807, 2.05) is 0 Å². The normalized spacial score (nSPS) is 14.6. The molecule has 4 nitrogen and oxygen atoms in total. The summed E-state index contributed by atoms with van der Waals surface area (Å²) in [5, 5.41) is 11.5. The molecule has 0 aliphatic heterocycles. The maximum absolute atomic E-state index is 11.0. The number of aliphatic hydroxyl groups is 1. The Morgan fingerprint density at radius 1 is 1.50 bits per heavy atom. The van der Waals surface area contributed by atoms with Crippen LogP contribution in [-0.4, -0.2) is 44.2 Å². The fraction of sp³-hybridized carbons (Fsp3) is 1.00. The molecule has 0 aliphatic carbocycles. The van der Waals surface area contributed by atoms with E-state index >= 15 is 0 Å². The van der Waals surface area contributed by atoms with Gasteiger partial charge in [0, 0.05) is 18.3 Å². The fourth-order valence-corrected chi connectivity index (χ4v) is 1.39. The summed E-state index contributed by atoms with van der Waals surface area (Å²) in [7, 11) is -2.87. The van der Waals surface area contributed by atoms with Crippen LogP contribution in [0.1, 0.15) is 13.8 Å². The number of hydrogen-bond acceptors (Lipinski definition) is 4. The molecule has 0 amide bonds. The highest BCUT2D eigenvalue weighted by Crippen LogP contribution is 1.87. The Kier molecular flexibility index (Phi) is 5.44. The van der Waals surface area contributed by atoms with Gasteiger partial charge in [-0.1, -0.05) is 6.92 Å². The number of sulfone groups is 1. The molecule has 0 aromatic rings. The van der Waals surface area contributed by atoms with Crippen LogP contribution in [0.2, 0.25) is 0 Å². The first-order valence-electron chi connectivity index (χ1n) is 4.06. The third-order valence-corrected chi connectivity index (χ3v) is 3.33. The van der Waals surface area contributed by atoms with E-state index in [9.17, 15) is 8.42 Å². The minimum Gasteiger partial charge on any atom is -0.395 e. The molecule has 12 heavy (non-hydrogen) atoms. The first kappa shape index (κ1) is 11.9. The van der Waals surface area contributed by atoms with Crippen molar-refractivity contribution in [3.63, 3.8) is 0 Å². The van der Waals surface area contributed by atoms with Crippen molar-refractivity contribution in [2.24, 2.45) is 0 Å². The highest BCUT2D eigenvalue weighted by molar-refractivity contribution is 7.91. The average Bonchev–Trinajstić information content (AvgIpc) is 2.04. The van der Waals surface area contributed by atoms with E-state index in [-0.39, 0.29) is 24.2 Å². The van der Waals surface area contributed by atoms with E-state index in [2.05, 4.69) is 5.32 Å². The zero-order valence-corrected chi connectivity index (χ0v) is 8.39. The average molecular weight is 195 g/mol. The van der Waals surface area contributed by atoms with E-state index in [1.54, 1.807) is 13.8 Å². The topological polar surface area (TPSA) is 66.4 Å². The van der Waals surface area contributed by atoms with Crippen molar-refractivity contribution in [1.82, 2.24) is 5.32 Å². The molecule has 0 heterocycles. The zero-order chi connectivity index (χ0) is 9.61. The van der Waals surface area contributed by atoms with Gasteiger partial charge in [0.2, 0.25) is 0 Å². The lowest BCUT2D eigenvalue weighted by Crippen LogP contribution is -2.33. The van der Waals surface area contributed by atoms with Crippen LogP contribution < -0.4 is 5.32 Å². The number of rotatable bonds is 6. The molecule has 0 aliphatic rings. The second-order valence-electron chi connectivity index (χ2n) is 2.77. The fourth-order valence-electron chi connectivity index (χ4n) is 0.670. The van der Waals surface area contributed by atoms with Crippen LogP contribution in [0.25, 0.3) is 0 Å². The molecule has 2 N–H and O–H groups in total. The molecule has 74 valence electrons. The quantitative estimate of drug-likeness (QED) is 0.593. The molecule has 0 saturated heterocycles. The van der Waals surface area contributed by atoms with Gasteiger partial charge in [-0.15, -0.1) is 0 Å². The van der Waals surface area contributed by atoms with Crippen LogP contribution in [0.5, 0.6) is 0 Å². The van der Waals surface area contributed by atoms with Gasteiger partial charge in [-0.3, -0.25) is 0 Å². The lowest BCUT2D eigenvalue weighted by Gasteiger charge is -2.09. The van der Waals surface area contributed by atoms with E-state index < -0.39 is 9.84 Å². The van der Waals surface area contributed by atoms with Gasteiger partial charge in [-0.25, -0.2) is 8.42 Å². The van der Waals surface area contributed by atoms with Crippen LogP contribution in [0.15, 0.2) is 0 Å².